The maximum atomic E-state index is 11.2. The Morgan fingerprint density at radius 2 is 2.13 bits per heavy atom. The third-order valence-corrected chi connectivity index (χ3v) is 3.33. The second-order valence-electron chi connectivity index (χ2n) is 3.58. The van der Waals surface area contributed by atoms with Crippen LogP contribution in [0.3, 0.4) is 0 Å². The van der Waals surface area contributed by atoms with Crippen molar-refractivity contribution in [3.05, 3.63) is 0 Å². The fourth-order valence-corrected chi connectivity index (χ4v) is 2.46. The maximum Gasteiger partial charge on any atom is 0.234 e. The van der Waals surface area contributed by atoms with E-state index >= 15 is 0 Å². The smallest absolute Gasteiger partial charge is 0.234 e. The van der Waals surface area contributed by atoms with Gasteiger partial charge in [-0.15, -0.1) is 0 Å². The molecule has 15 heavy (non-hydrogen) atoms. The van der Waals surface area contributed by atoms with Crippen molar-refractivity contribution < 1.29 is 4.79 Å². The van der Waals surface area contributed by atoms with E-state index in [4.69, 9.17) is 0 Å². The first-order valence-electron chi connectivity index (χ1n) is 5.60. The Kier molecular flexibility index (Phi) is 6.80. The minimum atomic E-state index is 0.100. The van der Waals surface area contributed by atoms with Crippen LogP contribution < -0.4 is 10.6 Å². The zero-order chi connectivity index (χ0) is 10.9. The fourth-order valence-electron chi connectivity index (χ4n) is 1.48. The van der Waals surface area contributed by atoms with Gasteiger partial charge < -0.3 is 10.6 Å². The Bertz CT molecular complexity index is 184. The summed E-state index contributed by atoms with van der Waals surface area (Å²) in [7, 11) is 0. The molecule has 0 radical (unpaired) electrons. The maximum absolute atomic E-state index is 11.2. The predicted octanol–water partition coefficient (Wildman–Crippen LogP) is -0.239. The summed E-state index contributed by atoms with van der Waals surface area (Å²) in [4.78, 5) is 13.7. The van der Waals surface area contributed by atoms with Gasteiger partial charge in [0.05, 0.1) is 6.54 Å². The van der Waals surface area contributed by atoms with Crippen molar-refractivity contribution in [3.8, 4) is 0 Å². The highest BCUT2D eigenvalue weighted by Crippen LogP contribution is 2.07. The van der Waals surface area contributed by atoms with Gasteiger partial charge in [-0.2, -0.15) is 11.8 Å². The van der Waals surface area contributed by atoms with Gasteiger partial charge in [0.2, 0.25) is 5.91 Å². The summed E-state index contributed by atoms with van der Waals surface area (Å²) in [6, 6.07) is 0. The molecule has 1 aliphatic rings. The first kappa shape index (κ1) is 12.8. The monoisotopic (exact) mass is 231 g/mol. The fraction of sp³-hybridized carbons (Fsp3) is 0.900. The van der Waals surface area contributed by atoms with Crippen LogP contribution in [0.15, 0.2) is 0 Å². The van der Waals surface area contributed by atoms with Crippen LogP contribution >= 0.6 is 11.8 Å². The molecule has 1 saturated heterocycles. The van der Waals surface area contributed by atoms with E-state index in [1.807, 2.05) is 18.7 Å². The van der Waals surface area contributed by atoms with Gasteiger partial charge in [0, 0.05) is 37.7 Å². The molecule has 1 aliphatic heterocycles. The molecular formula is C10H21N3OS. The highest BCUT2D eigenvalue weighted by molar-refractivity contribution is 7.99. The van der Waals surface area contributed by atoms with Crippen LogP contribution in [0.1, 0.15) is 6.92 Å². The second-order valence-corrected chi connectivity index (χ2v) is 4.81. The van der Waals surface area contributed by atoms with Crippen molar-refractivity contribution in [2.24, 2.45) is 0 Å². The summed E-state index contributed by atoms with van der Waals surface area (Å²) in [6.45, 7) is 7.36. The Morgan fingerprint density at radius 1 is 1.40 bits per heavy atom. The molecule has 0 aromatic carbocycles. The number of nitrogens with zero attached hydrogens (tertiary/aromatic N) is 1. The first-order valence-corrected chi connectivity index (χ1v) is 6.76. The first-order chi connectivity index (χ1) is 7.33. The number of carbonyl (C=O) groups excluding carboxylic acids is 1. The summed E-state index contributed by atoms with van der Waals surface area (Å²) in [6.07, 6.45) is 0. The molecule has 0 aromatic rings. The molecular weight excluding hydrogens is 210 g/mol. The van der Waals surface area contributed by atoms with Crippen molar-refractivity contribution in [2.45, 2.75) is 6.92 Å². The van der Waals surface area contributed by atoms with Crippen molar-refractivity contribution in [2.75, 3.05) is 50.8 Å². The van der Waals surface area contributed by atoms with Gasteiger partial charge in [-0.1, -0.05) is 6.92 Å². The van der Waals surface area contributed by atoms with E-state index in [9.17, 15) is 4.79 Å². The predicted molar refractivity (Wildman–Crippen MR) is 65.3 cm³/mol. The lowest BCUT2D eigenvalue weighted by atomic mass is 10.4. The third-order valence-electron chi connectivity index (χ3n) is 2.39. The summed E-state index contributed by atoms with van der Waals surface area (Å²) in [5.41, 5.74) is 0. The van der Waals surface area contributed by atoms with Crippen molar-refractivity contribution >= 4 is 17.7 Å². The normalized spacial score (nSPS) is 17.7. The zero-order valence-corrected chi connectivity index (χ0v) is 10.2. The van der Waals surface area contributed by atoms with Crippen LogP contribution in [-0.2, 0) is 4.79 Å². The van der Waals surface area contributed by atoms with Gasteiger partial charge in [-0.25, -0.2) is 0 Å². The quantitative estimate of drug-likeness (QED) is 0.662. The summed E-state index contributed by atoms with van der Waals surface area (Å²) < 4.78 is 0. The minimum absolute atomic E-state index is 0.100. The molecule has 0 bridgehead atoms. The molecule has 5 heteroatoms. The number of amides is 1. The minimum Gasteiger partial charge on any atom is -0.354 e. The Morgan fingerprint density at radius 3 is 2.80 bits per heavy atom. The highest BCUT2D eigenvalue weighted by Gasteiger charge is 2.09. The van der Waals surface area contributed by atoms with E-state index < -0.39 is 0 Å². The number of hydrogen-bond acceptors (Lipinski definition) is 4. The number of rotatable bonds is 6. The van der Waals surface area contributed by atoms with Gasteiger partial charge >= 0.3 is 0 Å². The van der Waals surface area contributed by atoms with E-state index in [0.717, 1.165) is 32.7 Å². The van der Waals surface area contributed by atoms with Crippen molar-refractivity contribution in [3.63, 3.8) is 0 Å². The summed E-state index contributed by atoms with van der Waals surface area (Å²) in [5.74, 6) is 2.56. The molecule has 0 aromatic heterocycles. The number of carbonyl (C=O) groups is 1. The van der Waals surface area contributed by atoms with Gasteiger partial charge in [-0.3, -0.25) is 9.69 Å². The lowest BCUT2D eigenvalue weighted by molar-refractivity contribution is -0.120. The lowest BCUT2D eigenvalue weighted by Crippen LogP contribution is -2.41. The Labute approximate surface area is 96.2 Å². The molecule has 0 spiro atoms. The van der Waals surface area contributed by atoms with Crippen LogP contribution in [0.25, 0.3) is 0 Å². The lowest BCUT2D eigenvalue weighted by Gasteiger charge is -2.25. The zero-order valence-electron chi connectivity index (χ0n) is 9.42. The topological polar surface area (TPSA) is 44.4 Å². The second kappa shape index (κ2) is 7.96. The molecule has 88 valence electrons. The molecule has 1 fully saturated rings. The standard InChI is InChI=1S/C10H21N3OS/c1-2-11-9-10(14)12-3-4-13-5-7-15-8-6-13/h11H,2-9H2,1H3,(H,12,14). The average molecular weight is 231 g/mol. The average Bonchev–Trinajstić information content (AvgIpc) is 2.28. The van der Waals surface area contributed by atoms with Crippen LogP contribution in [0, 0.1) is 0 Å². The number of thioether (sulfide) groups is 1. The molecule has 4 nitrogen and oxygen atoms in total. The third kappa shape index (κ3) is 6.02. The van der Waals surface area contributed by atoms with Gasteiger partial charge in [0.1, 0.15) is 0 Å². The van der Waals surface area contributed by atoms with Crippen LogP contribution in [0.2, 0.25) is 0 Å². The number of hydrogen-bond donors (Lipinski definition) is 2. The van der Waals surface area contributed by atoms with Gasteiger partial charge in [-0.05, 0) is 6.54 Å². The van der Waals surface area contributed by atoms with Crippen molar-refractivity contribution in [1.82, 2.24) is 15.5 Å². The van der Waals surface area contributed by atoms with Gasteiger partial charge in [0.15, 0.2) is 0 Å². The van der Waals surface area contributed by atoms with E-state index in [0.29, 0.717) is 6.54 Å². The molecule has 1 heterocycles. The highest BCUT2D eigenvalue weighted by atomic mass is 32.2. The van der Waals surface area contributed by atoms with Crippen LogP contribution in [0.5, 0.6) is 0 Å². The summed E-state index contributed by atoms with van der Waals surface area (Å²) >= 11 is 2.01. The van der Waals surface area contributed by atoms with E-state index in [2.05, 4.69) is 15.5 Å². The van der Waals surface area contributed by atoms with Crippen LogP contribution in [0.4, 0.5) is 0 Å². The van der Waals surface area contributed by atoms with E-state index in [1.54, 1.807) is 0 Å². The summed E-state index contributed by atoms with van der Waals surface area (Å²) in [5, 5.41) is 5.92. The molecule has 2 N–H and O–H groups in total. The Hall–Kier alpha value is -0.260. The molecule has 0 unspecified atom stereocenters. The Balaban J connectivity index is 1.97. The van der Waals surface area contributed by atoms with Crippen LogP contribution in [-0.4, -0.2) is 61.6 Å². The molecule has 0 aliphatic carbocycles. The molecule has 1 rings (SSSR count). The molecule has 1 amide bonds. The van der Waals surface area contributed by atoms with Gasteiger partial charge in [0.25, 0.3) is 0 Å². The SMILES string of the molecule is CCNCC(=O)NCCN1CCSCC1. The van der Waals surface area contributed by atoms with Crippen molar-refractivity contribution in [1.29, 1.82) is 0 Å². The number of likely N-dealkylation sites (N-methyl/N-ethyl adjacent to an activating group) is 1. The molecule has 0 saturated carbocycles. The number of nitrogens with one attached hydrogen (secondary N) is 2. The largest absolute Gasteiger partial charge is 0.354 e. The van der Waals surface area contributed by atoms with E-state index in [1.165, 1.54) is 11.5 Å². The molecule has 0 atom stereocenters. The van der Waals surface area contributed by atoms with E-state index in [-0.39, 0.29) is 5.91 Å².